The van der Waals surface area contributed by atoms with Gasteiger partial charge in [-0.3, -0.25) is 10.1 Å². The predicted molar refractivity (Wildman–Crippen MR) is 80.5 cm³/mol. The Hall–Kier alpha value is -3.02. The molecular formula is C15H12N4O2. The van der Waals surface area contributed by atoms with Crippen LogP contribution in [0.15, 0.2) is 42.7 Å². The van der Waals surface area contributed by atoms with Crippen molar-refractivity contribution in [3.63, 3.8) is 0 Å². The quantitative estimate of drug-likeness (QED) is 0.546. The van der Waals surface area contributed by atoms with Crippen LogP contribution in [0, 0.1) is 10.1 Å². The third-order valence-electron chi connectivity index (χ3n) is 3.19. The topological polar surface area (TPSA) is 73.8 Å². The third kappa shape index (κ3) is 2.51. The Labute approximate surface area is 120 Å². The molecule has 0 bridgehead atoms. The van der Waals surface area contributed by atoms with Gasteiger partial charge in [-0.25, -0.2) is 9.97 Å². The number of nitro benzene ring substituents is 1. The first-order valence-corrected chi connectivity index (χ1v) is 6.35. The van der Waals surface area contributed by atoms with Crippen LogP contribution in [0.1, 0.15) is 11.5 Å². The summed E-state index contributed by atoms with van der Waals surface area (Å²) < 4.78 is 1.89. The Bertz CT molecular complexity index is 852. The molecule has 6 heteroatoms. The van der Waals surface area contributed by atoms with Gasteiger partial charge in [0.05, 0.1) is 21.5 Å². The van der Waals surface area contributed by atoms with Crippen LogP contribution in [0.25, 0.3) is 23.1 Å². The lowest BCUT2D eigenvalue weighted by molar-refractivity contribution is -0.383. The van der Waals surface area contributed by atoms with Gasteiger partial charge in [0, 0.05) is 25.5 Å². The number of fused-ring (bicyclic) bond motifs is 1. The predicted octanol–water partition coefficient (Wildman–Crippen LogP) is 3.05. The molecule has 6 nitrogen and oxygen atoms in total. The van der Waals surface area contributed by atoms with Gasteiger partial charge in [-0.15, -0.1) is 0 Å². The number of non-ortho nitro benzene ring substituents is 1. The number of nitro groups is 1. The van der Waals surface area contributed by atoms with Crippen molar-refractivity contribution in [3.05, 3.63) is 64.4 Å². The standard InChI is InChI=1S/C15H12N4O2/c1-18-10-9-16-15(18)8-6-11-5-7-12-13(17-11)3-2-4-14(12)19(20)21/h2-10H,1H3/b8-6-. The highest BCUT2D eigenvalue weighted by molar-refractivity contribution is 5.88. The summed E-state index contributed by atoms with van der Waals surface area (Å²) in [6, 6.07) is 8.36. The zero-order chi connectivity index (χ0) is 14.8. The zero-order valence-corrected chi connectivity index (χ0v) is 11.3. The number of imidazole rings is 1. The van der Waals surface area contributed by atoms with Crippen LogP contribution in [0.2, 0.25) is 0 Å². The molecule has 3 aromatic rings. The average molecular weight is 280 g/mol. The maximum Gasteiger partial charge on any atom is 0.278 e. The highest BCUT2D eigenvalue weighted by Crippen LogP contribution is 2.24. The summed E-state index contributed by atoms with van der Waals surface area (Å²) in [6.45, 7) is 0. The van der Waals surface area contributed by atoms with E-state index in [0.717, 1.165) is 11.5 Å². The summed E-state index contributed by atoms with van der Waals surface area (Å²) in [6.07, 6.45) is 7.26. The monoisotopic (exact) mass is 280 g/mol. The van der Waals surface area contributed by atoms with Gasteiger partial charge >= 0.3 is 0 Å². The molecule has 3 rings (SSSR count). The van der Waals surface area contributed by atoms with Crippen molar-refractivity contribution >= 4 is 28.7 Å². The van der Waals surface area contributed by atoms with E-state index in [-0.39, 0.29) is 5.69 Å². The van der Waals surface area contributed by atoms with Gasteiger partial charge in [0.1, 0.15) is 5.82 Å². The molecule has 0 fully saturated rings. The summed E-state index contributed by atoms with van der Waals surface area (Å²) >= 11 is 0. The van der Waals surface area contributed by atoms with E-state index in [1.807, 2.05) is 30.0 Å². The third-order valence-corrected chi connectivity index (χ3v) is 3.19. The average Bonchev–Trinajstić information content (AvgIpc) is 2.89. The molecule has 0 N–H and O–H groups in total. The van der Waals surface area contributed by atoms with Gasteiger partial charge in [0.2, 0.25) is 0 Å². The molecule has 2 heterocycles. The van der Waals surface area contributed by atoms with Crippen LogP contribution in [0.4, 0.5) is 5.69 Å². The largest absolute Gasteiger partial charge is 0.335 e. The molecule has 2 aromatic heterocycles. The first-order chi connectivity index (χ1) is 10.1. The van der Waals surface area contributed by atoms with E-state index in [4.69, 9.17) is 0 Å². The molecule has 0 atom stereocenters. The lowest BCUT2D eigenvalue weighted by atomic mass is 10.1. The SMILES string of the molecule is Cn1ccnc1/C=C\c1ccc2c([N+](=O)[O-])cccc2n1. The van der Waals surface area contributed by atoms with Crippen LogP contribution in [0.3, 0.4) is 0 Å². The number of hydrogen-bond acceptors (Lipinski definition) is 4. The van der Waals surface area contributed by atoms with Crippen molar-refractivity contribution in [2.75, 3.05) is 0 Å². The fourth-order valence-electron chi connectivity index (χ4n) is 2.10. The van der Waals surface area contributed by atoms with Crippen molar-refractivity contribution in [1.82, 2.24) is 14.5 Å². The molecule has 0 saturated carbocycles. The van der Waals surface area contributed by atoms with Crippen LogP contribution in [-0.4, -0.2) is 19.5 Å². The van der Waals surface area contributed by atoms with Gasteiger partial charge in [-0.2, -0.15) is 0 Å². The molecule has 0 amide bonds. The Morgan fingerprint density at radius 2 is 2.10 bits per heavy atom. The molecule has 0 unspecified atom stereocenters. The van der Waals surface area contributed by atoms with Crippen molar-refractivity contribution in [3.8, 4) is 0 Å². The van der Waals surface area contributed by atoms with E-state index in [0.29, 0.717) is 10.9 Å². The van der Waals surface area contributed by atoms with Gasteiger partial charge in [0.25, 0.3) is 5.69 Å². The fraction of sp³-hybridized carbons (Fsp3) is 0.0667. The fourth-order valence-corrected chi connectivity index (χ4v) is 2.10. The number of benzene rings is 1. The molecule has 0 radical (unpaired) electrons. The smallest absolute Gasteiger partial charge is 0.278 e. The zero-order valence-electron chi connectivity index (χ0n) is 11.3. The first-order valence-electron chi connectivity index (χ1n) is 6.35. The Morgan fingerprint density at radius 3 is 2.81 bits per heavy atom. The molecule has 0 aliphatic carbocycles. The lowest BCUT2D eigenvalue weighted by Gasteiger charge is -2.00. The summed E-state index contributed by atoms with van der Waals surface area (Å²) in [4.78, 5) is 19.2. The van der Waals surface area contributed by atoms with Gasteiger partial charge < -0.3 is 4.57 Å². The maximum absolute atomic E-state index is 11.0. The van der Waals surface area contributed by atoms with E-state index >= 15 is 0 Å². The highest BCUT2D eigenvalue weighted by atomic mass is 16.6. The second kappa shape index (κ2) is 5.16. The summed E-state index contributed by atoms with van der Waals surface area (Å²) in [5.41, 5.74) is 1.40. The molecule has 104 valence electrons. The Morgan fingerprint density at radius 1 is 1.24 bits per heavy atom. The van der Waals surface area contributed by atoms with Crippen molar-refractivity contribution in [1.29, 1.82) is 0 Å². The Kier molecular flexibility index (Phi) is 3.19. The number of nitrogens with zero attached hydrogens (tertiary/aromatic N) is 4. The second-order valence-corrected chi connectivity index (χ2v) is 4.57. The number of hydrogen-bond donors (Lipinski definition) is 0. The molecule has 1 aromatic carbocycles. The lowest BCUT2D eigenvalue weighted by Crippen LogP contribution is -1.92. The molecule has 0 aliphatic rings. The summed E-state index contributed by atoms with van der Waals surface area (Å²) in [5, 5.41) is 11.5. The van der Waals surface area contributed by atoms with Crippen LogP contribution in [0.5, 0.6) is 0 Å². The molecule has 0 aliphatic heterocycles. The molecule has 21 heavy (non-hydrogen) atoms. The van der Waals surface area contributed by atoms with Gasteiger partial charge in [0.15, 0.2) is 0 Å². The van der Waals surface area contributed by atoms with Gasteiger partial charge in [-0.1, -0.05) is 6.07 Å². The van der Waals surface area contributed by atoms with Crippen LogP contribution in [-0.2, 0) is 7.05 Å². The normalized spacial score (nSPS) is 11.3. The summed E-state index contributed by atoms with van der Waals surface area (Å²) in [5.74, 6) is 0.816. The van der Waals surface area contributed by atoms with Crippen LogP contribution >= 0.6 is 0 Å². The second-order valence-electron chi connectivity index (χ2n) is 4.57. The number of pyridine rings is 1. The minimum atomic E-state index is -0.395. The highest BCUT2D eigenvalue weighted by Gasteiger charge is 2.11. The summed E-state index contributed by atoms with van der Waals surface area (Å²) in [7, 11) is 1.91. The van der Waals surface area contributed by atoms with Gasteiger partial charge in [-0.05, 0) is 30.4 Å². The minimum absolute atomic E-state index is 0.0691. The molecule has 0 saturated heterocycles. The maximum atomic E-state index is 11.0. The van der Waals surface area contributed by atoms with E-state index in [1.165, 1.54) is 6.07 Å². The van der Waals surface area contributed by atoms with Crippen molar-refractivity contribution < 1.29 is 4.92 Å². The van der Waals surface area contributed by atoms with Crippen molar-refractivity contribution in [2.45, 2.75) is 0 Å². The Balaban J connectivity index is 2.00. The van der Waals surface area contributed by atoms with E-state index in [9.17, 15) is 10.1 Å². The number of aryl methyl sites for hydroxylation is 1. The number of aromatic nitrogens is 3. The van der Waals surface area contributed by atoms with Crippen molar-refractivity contribution in [2.24, 2.45) is 7.05 Å². The minimum Gasteiger partial charge on any atom is -0.335 e. The van der Waals surface area contributed by atoms with E-state index < -0.39 is 4.92 Å². The number of rotatable bonds is 3. The van der Waals surface area contributed by atoms with Crippen LogP contribution < -0.4 is 0 Å². The van der Waals surface area contributed by atoms with E-state index in [2.05, 4.69) is 9.97 Å². The first kappa shape index (κ1) is 13.0. The van der Waals surface area contributed by atoms with E-state index in [1.54, 1.807) is 30.5 Å². The molecule has 0 spiro atoms. The molecular weight excluding hydrogens is 268 g/mol.